The van der Waals surface area contributed by atoms with Gasteiger partial charge < -0.3 is 15.2 Å². The number of pyridine rings is 1. The number of ether oxygens (including phenoxy) is 2. The van der Waals surface area contributed by atoms with Crippen LogP contribution in [0.3, 0.4) is 0 Å². The smallest absolute Gasteiger partial charge is 0.358 e. The molecule has 0 amide bonds. The van der Waals surface area contributed by atoms with E-state index in [0.29, 0.717) is 5.75 Å². The first-order valence-electron chi connectivity index (χ1n) is 6.25. The molecule has 0 bridgehead atoms. The molecule has 0 fully saturated rings. The molecule has 2 N–H and O–H groups in total. The molecule has 0 saturated carbocycles. The highest BCUT2D eigenvalue weighted by atomic mass is 79.9. The average Bonchev–Trinajstić information content (AvgIpc) is 2.53. The van der Waals surface area contributed by atoms with Crippen molar-refractivity contribution in [3.05, 3.63) is 49.6 Å². The average molecular weight is 441 g/mol. The summed E-state index contributed by atoms with van der Waals surface area (Å²) < 4.78 is 11.4. The first-order valence-corrected chi connectivity index (χ1v) is 8.18. The van der Waals surface area contributed by atoms with Gasteiger partial charge in [-0.15, -0.1) is 0 Å². The van der Waals surface area contributed by atoms with E-state index in [1.807, 2.05) is 12.1 Å². The van der Waals surface area contributed by atoms with Crippen LogP contribution in [0.1, 0.15) is 10.5 Å². The zero-order valence-corrected chi connectivity index (χ0v) is 15.3. The third-order valence-corrected chi connectivity index (χ3v) is 4.28. The largest absolute Gasteiger partial charge is 0.490 e. The first kappa shape index (κ1) is 18.1. The van der Waals surface area contributed by atoms with E-state index < -0.39 is 5.97 Å². The van der Waals surface area contributed by atoms with Gasteiger partial charge in [0, 0.05) is 4.47 Å². The third-order valence-electron chi connectivity index (χ3n) is 2.65. The van der Waals surface area contributed by atoms with Crippen LogP contribution < -0.4 is 10.5 Å². The number of hydrogen-bond acceptors (Lipinski definition) is 5. The quantitative estimate of drug-likeness (QED) is 0.417. The Morgan fingerprint density at radius 2 is 1.96 bits per heavy atom. The minimum atomic E-state index is -0.766. The van der Waals surface area contributed by atoms with E-state index in [1.54, 1.807) is 12.1 Å². The van der Waals surface area contributed by atoms with Gasteiger partial charge >= 0.3 is 5.97 Å². The van der Waals surface area contributed by atoms with Gasteiger partial charge in [0.1, 0.15) is 24.0 Å². The lowest BCUT2D eigenvalue weighted by atomic mass is 10.3. The van der Waals surface area contributed by atoms with Crippen LogP contribution in [0.25, 0.3) is 0 Å². The van der Waals surface area contributed by atoms with E-state index in [0.717, 1.165) is 4.47 Å². The Morgan fingerprint density at radius 3 is 2.65 bits per heavy atom. The SMILES string of the molecule is Nc1c(Cl)c(Cl)nc(C(=O)OCCOc2cccc(Br)c2)c1Cl. The number of halogens is 4. The van der Waals surface area contributed by atoms with E-state index in [1.165, 1.54) is 0 Å². The molecule has 0 aliphatic carbocycles. The van der Waals surface area contributed by atoms with Crippen LogP contribution in [0, 0.1) is 0 Å². The van der Waals surface area contributed by atoms with Crippen LogP contribution in [0.5, 0.6) is 5.75 Å². The van der Waals surface area contributed by atoms with Crippen LogP contribution in [-0.2, 0) is 4.74 Å². The minimum Gasteiger partial charge on any atom is -0.490 e. The van der Waals surface area contributed by atoms with E-state index in [2.05, 4.69) is 20.9 Å². The highest BCUT2D eigenvalue weighted by Gasteiger charge is 2.20. The Kier molecular flexibility index (Phi) is 6.35. The molecule has 0 saturated heterocycles. The number of carbonyl (C=O) groups is 1. The van der Waals surface area contributed by atoms with Gasteiger partial charge in [0.2, 0.25) is 0 Å². The summed E-state index contributed by atoms with van der Waals surface area (Å²) in [5.41, 5.74) is 5.43. The molecule has 2 aromatic rings. The lowest BCUT2D eigenvalue weighted by Crippen LogP contribution is -2.15. The van der Waals surface area contributed by atoms with E-state index in [9.17, 15) is 4.79 Å². The Hall–Kier alpha value is -1.21. The van der Waals surface area contributed by atoms with Crippen molar-refractivity contribution in [2.75, 3.05) is 18.9 Å². The number of nitrogens with zero attached hydrogens (tertiary/aromatic N) is 1. The molecular weight excluding hydrogens is 430 g/mol. The van der Waals surface area contributed by atoms with Crippen molar-refractivity contribution in [3.8, 4) is 5.75 Å². The number of rotatable bonds is 5. The summed E-state index contributed by atoms with van der Waals surface area (Å²) in [7, 11) is 0. The second-order valence-corrected chi connectivity index (χ2v) is 6.26. The molecule has 1 aromatic carbocycles. The fraction of sp³-hybridized carbons (Fsp3) is 0.143. The maximum absolute atomic E-state index is 12.0. The molecular formula is C14H10BrCl3N2O3. The Bertz CT molecular complexity index is 743. The monoisotopic (exact) mass is 438 g/mol. The summed E-state index contributed by atoms with van der Waals surface area (Å²) in [5.74, 6) is -0.122. The number of aromatic nitrogens is 1. The van der Waals surface area contributed by atoms with Gasteiger partial charge in [0.25, 0.3) is 0 Å². The van der Waals surface area contributed by atoms with Gasteiger partial charge in [-0.3, -0.25) is 0 Å². The predicted molar refractivity (Wildman–Crippen MR) is 93.6 cm³/mol. The van der Waals surface area contributed by atoms with Crippen molar-refractivity contribution in [2.45, 2.75) is 0 Å². The van der Waals surface area contributed by atoms with Crippen LogP contribution in [0.4, 0.5) is 5.69 Å². The second kappa shape index (κ2) is 8.06. The van der Waals surface area contributed by atoms with Crippen molar-refractivity contribution in [3.63, 3.8) is 0 Å². The Morgan fingerprint density at radius 1 is 1.22 bits per heavy atom. The van der Waals surface area contributed by atoms with Gasteiger partial charge in [-0.1, -0.05) is 56.8 Å². The highest BCUT2D eigenvalue weighted by Crippen LogP contribution is 2.34. The minimum absolute atomic E-state index is 0.00348. The van der Waals surface area contributed by atoms with Crippen LogP contribution in [0.15, 0.2) is 28.7 Å². The van der Waals surface area contributed by atoms with Gasteiger partial charge in [-0.05, 0) is 18.2 Å². The number of hydrogen-bond donors (Lipinski definition) is 1. The van der Waals surface area contributed by atoms with Crippen molar-refractivity contribution in [2.24, 2.45) is 0 Å². The number of nitrogens with two attached hydrogens (primary N) is 1. The van der Waals surface area contributed by atoms with E-state index in [-0.39, 0.29) is 39.8 Å². The molecule has 0 atom stereocenters. The summed E-state index contributed by atoms with van der Waals surface area (Å²) in [4.78, 5) is 15.7. The molecule has 122 valence electrons. The zero-order valence-electron chi connectivity index (χ0n) is 11.5. The van der Waals surface area contributed by atoms with Crippen LogP contribution >= 0.6 is 50.7 Å². The second-order valence-electron chi connectivity index (χ2n) is 4.23. The molecule has 0 unspecified atom stereocenters. The molecule has 0 radical (unpaired) electrons. The first-order chi connectivity index (χ1) is 10.9. The lowest BCUT2D eigenvalue weighted by Gasteiger charge is -2.10. The molecule has 0 aliphatic rings. The fourth-order valence-corrected chi connectivity index (χ4v) is 2.55. The van der Waals surface area contributed by atoms with Gasteiger partial charge in [-0.2, -0.15) is 0 Å². The number of anilines is 1. The van der Waals surface area contributed by atoms with Crippen molar-refractivity contribution in [1.82, 2.24) is 4.98 Å². The summed E-state index contributed by atoms with van der Waals surface area (Å²) in [6.07, 6.45) is 0. The molecule has 1 heterocycles. The Balaban J connectivity index is 1.93. The Labute approximate surface area is 155 Å². The normalized spacial score (nSPS) is 10.4. The molecule has 23 heavy (non-hydrogen) atoms. The molecule has 1 aromatic heterocycles. The maximum atomic E-state index is 12.0. The van der Waals surface area contributed by atoms with E-state index >= 15 is 0 Å². The standard InChI is InChI=1S/C14H10BrCl3N2O3/c15-7-2-1-3-8(6-7)22-4-5-23-14(21)12-9(16)11(19)10(17)13(18)20-12/h1-3,6H,4-5H2,(H2,19,20). The topological polar surface area (TPSA) is 74.4 Å². The van der Waals surface area contributed by atoms with Gasteiger partial charge in [-0.25, -0.2) is 9.78 Å². The van der Waals surface area contributed by atoms with Gasteiger partial charge in [0.15, 0.2) is 10.8 Å². The fourth-order valence-electron chi connectivity index (χ4n) is 1.59. The van der Waals surface area contributed by atoms with Gasteiger partial charge in [0.05, 0.1) is 10.7 Å². The number of nitrogen functional groups attached to an aromatic ring is 1. The highest BCUT2D eigenvalue weighted by molar-refractivity contribution is 9.10. The molecule has 0 spiro atoms. The van der Waals surface area contributed by atoms with Crippen molar-refractivity contribution >= 4 is 62.4 Å². The van der Waals surface area contributed by atoms with E-state index in [4.69, 9.17) is 50.0 Å². The zero-order chi connectivity index (χ0) is 17.0. The number of carbonyl (C=O) groups excluding carboxylic acids is 1. The lowest BCUT2D eigenvalue weighted by molar-refractivity contribution is 0.0444. The maximum Gasteiger partial charge on any atom is 0.358 e. The summed E-state index contributed by atoms with van der Waals surface area (Å²) in [6, 6.07) is 7.27. The summed E-state index contributed by atoms with van der Waals surface area (Å²) in [5, 5.41) is -0.227. The molecule has 9 heteroatoms. The van der Waals surface area contributed by atoms with Crippen LogP contribution in [-0.4, -0.2) is 24.2 Å². The number of esters is 1. The molecule has 0 aliphatic heterocycles. The van der Waals surface area contributed by atoms with Crippen molar-refractivity contribution < 1.29 is 14.3 Å². The number of benzene rings is 1. The predicted octanol–water partition coefficient (Wildman–Crippen LogP) is 4.62. The third kappa shape index (κ3) is 4.64. The van der Waals surface area contributed by atoms with Crippen LogP contribution in [0.2, 0.25) is 15.2 Å². The summed E-state index contributed by atoms with van der Waals surface area (Å²) in [6.45, 7) is 0.167. The summed E-state index contributed by atoms with van der Waals surface area (Å²) >= 11 is 20.8. The van der Waals surface area contributed by atoms with Crippen molar-refractivity contribution in [1.29, 1.82) is 0 Å². The molecule has 5 nitrogen and oxygen atoms in total. The molecule has 2 rings (SSSR count).